The Kier molecular flexibility index (Phi) is 6.27. The predicted molar refractivity (Wildman–Crippen MR) is 97.4 cm³/mol. The van der Waals surface area contributed by atoms with Crippen LogP contribution in [-0.2, 0) is 13.0 Å². The topological polar surface area (TPSA) is 15.3 Å². The minimum atomic E-state index is 0.511. The van der Waals surface area contributed by atoms with Crippen LogP contribution in [0.4, 0.5) is 5.69 Å². The summed E-state index contributed by atoms with van der Waals surface area (Å²) in [5.41, 5.74) is 2.56. The van der Waals surface area contributed by atoms with Crippen LogP contribution in [0.1, 0.15) is 24.3 Å². The molecule has 0 radical (unpaired) electrons. The highest BCUT2D eigenvalue weighted by Gasteiger charge is 2.07. The minimum absolute atomic E-state index is 0.511. The molecule has 0 amide bonds. The Morgan fingerprint density at radius 3 is 2.71 bits per heavy atom. The molecule has 0 spiro atoms. The molecular weight excluding hydrogens is 344 g/mol. The summed E-state index contributed by atoms with van der Waals surface area (Å²) in [6, 6.07) is 11.5. The molecule has 114 valence electrons. The van der Waals surface area contributed by atoms with Crippen LogP contribution in [0.5, 0.6) is 0 Å². The Morgan fingerprint density at radius 2 is 2.10 bits per heavy atom. The van der Waals surface area contributed by atoms with Gasteiger partial charge in [-0.15, -0.1) is 11.3 Å². The Hall–Kier alpha value is -0.840. The van der Waals surface area contributed by atoms with E-state index in [4.69, 9.17) is 0 Å². The molecule has 2 nitrogen and oxygen atoms in total. The van der Waals surface area contributed by atoms with Gasteiger partial charge in [-0.1, -0.05) is 26.0 Å². The number of nitrogens with one attached hydrogen (secondary N) is 1. The van der Waals surface area contributed by atoms with Crippen molar-refractivity contribution >= 4 is 33.0 Å². The molecule has 0 saturated heterocycles. The Balaban J connectivity index is 1.95. The highest BCUT2D eigenvalue weighted by Crippen LogP contribution is 2.27. The number of benzene rings is 1. The van der Waals surface area contributed by atoms with E-state index >= 15 is 0 Å². The Labute approximate surface area is 140 Å². The van der Waals surface area contributed by atoms with E-state index in [1.54, 1.807) is 0 Å². The third-order valence-corrected chi connectivity index (χ3v) is 4.98. The van der Waals surface area contributed by atoms with E-state index in [1.807, 2.05) is 11.3 Å². The summed E-state index contributed by atoms with van der Waals surface area (Å²) in [4.78, 5) is 3.75. The van der Waals surface area contributed by atoms with E-state index in [2.05, 4.69) is 82.8 Å². The first-order chi connectivity index (χ1) is 10.1. The SMILES string of the molecule is CC(C)NCc1ccc(N(C)CCc2cccs2)c(Br)c1. The third-order valence-electron chi connectivity index (χ3n) is 3.41. The van der Waals surface area contributed by atoms with Gasteiger partial charge < -0.3 is 10.2 Å². The normalized spacial score (nSPS) is 11.1. The summed E-state index contributed by atoms with van der Waals surface area (Å²) >= 11 is 5.54. The van der Waals surface area contributed by atoms with Gasteiger partial charge in [0.1, 0.15) is 0 Å². The zero-order valence-electron chi connectivity index (χ0n) is 12.9. The molecule has 1 heterocycles. The maximum atomic E-state index is 3.71. The van der Waals surface area contributed by atoms with E-state index in [0.717, 1.165) is 19.5 Å². The third kappa shape index (κ3) is 5.13. The first-order valence-electron chi connectivity index (χ1n) is 7.31. The molecule has 2 aromatic rings. The van der Waals surface area contributed by atoms with E-state index in [-0.39, 0.29) is 0 Å². The smallest absolute Gasteiger partial charge is 0.0508 e. The molecule has 0 bridgehead atoms. The van der Waals surface area contributed by atoms with Gasteiger partial charge in [0.15, 0.2) is 0 Å². The lowest BCUT2D eigenvalue weighted by Crippen LogP contribution is -2.22. The van der Waals surface area contributed by atoms with Gasteiger partial charge in [0, 0.05) is 35.5 Å². The largest absolute Gasteiger partial charge is 0.373 e. The van der Waals surface area contributed by atoms with E-state index in [1.165, 1.54) is 20.6 Å². The summed E-state index contributed by atoms with van der Waals surface area (Å²) in [5, 5.41) is 5.59. The van der Waals surface area contributed by atoms with E-state index in [9.17, 15) is 0 Å². The van der Waals surface area contributed by atoms with Gasteiger partial charge in [0.2, 0.25) is 0 Å². The molecule has 2 rings (SSSR count). The monoisotopic (exact) mass is 366 g/mol. The van der Waals surface area contributed by atoms with E-state index < -0.39 is 0 Å². The number of hydrogen-bond acceptors (Lipinski definition) is 3. The Morgan fingerprint density at radius 1 is 1.29 bits per heavy atom. The molecule has 0 aliphatic carbocycles. The fourth-order valence-corrected chi connectivity index (χ4v) is 3.57. The molecule has 1 aromatic heterocycles. The summed E-state index contributed by atoms with van der Waals surface area (Å²) in [6.07, 6.45) is 1.09. The van der Waals surface area contributed by atoms with Crippen molar-refractivity contribution in [2.45, 2.75) is 32.9 Å². The van der Waals surface area contributed by atoms with Crippen molar-refractivity contribution in [3.05, 3.63) is 50.6 Å². The van der Waals surface area contributed by atoms with Gasteiger partial charge in [0.05, 0.1) is 5.69 Å². The minimum Gasteiger partial charge on any atom is -0.373 e. The molecule has 1 aromatic carbocycles. The van der Waals surface area contributed by atoms with Crippen LogP contribution in [0.2, 0.25) is 0 Å². The summed E-state index contributed by atoms with van der Waals surface area (Å²) in [5.74, 6) is 0. The van der Waals surface area contributed by atoms with Crippen molar-refractivity contribution < 1.29 is 0 Å². The summed E-state index contributed by atoms with van der Waals surface area (Å²) in [6.45, 7) is 6.28. The average molecular weight is 367 g/mol. The first kappa shape index (κ1) is 16.5. The van der Waals surface area contributed by atoms with Gasteiger partial charge in [-0.2, -0.15) is 0 Å². The van der Waals surface area contributed by atoms with Gasteiger partial charge >= 0.3 is 0 Å². The second kappa shape index (κ2) is 7.97. The van der Waals surface area contributed by atoms with E-state index in [0.29, 0.717) is 6.04 Å². The fourth-order valence-electron chi connectivity index (χ4n) is 2.15. The van der Waals surface area contributed by atoms with Crippen LogP contribution in [-0.4, -0.2) is 19.6 Å². The number of thiophene rings is 1. The number of hydrogen-bond donors (Lipinski definition) is 1. The van der Waals surface area contributed by atoms with Crippen molar-refractivity contribution in [1.29, 1.82) is 0 Å². The van der Waals surface area contributed by atoms with Gasteiger partial charge in [-0.05, 0) is 51.5 Å². The van der Waals surface area contributed by atoms with Crippen LogP contribution in [0, 0.1) is 0 Å². The van der Waals surface area contributed by atoms with Gasteiger partial charge in [0.25, 0.3) is 0 Å². The molecule has 4 heteroatoms. The first-order valence-corrected chi connectivity index (χ1v) is 8.99. The lowest BCUT2D eigenvalue weighted by Gasteiger charge is -2.21. The molecule has 1 N–H and O–H groups in total. The predicted octanol–water partition coefficient (Wildman–Crippen LogP) is 4.69. The lowest BCUT2D eigenvalue weighted by molar-refractivity contribution is 0.589. The van der Waals surface area contributed by atoms with Crippen molar-refractivity contribution in [1.82, 2.24) is 5.32 Å². The fraction of sp³-hybridized carbons (Fsp3) is 0.412. The number of anilines is 1. The average Bonchev–Trinajstić information content (AvgIpc) is 2.96. The second-order valence-electron chi connectivity index (χ2n) is 5.57. The molecule has 0 aliphatic rings. The number of likely N-dealkylation sites (N-methyl/N-ethyl adjacent to an activating group) is 1. The maximum Gasteiger partial charge on any atom is 0.0508 e. The molecule has 0 aliphatic heterocycles. The zero-order valence-corrected chi connectivity index (χ0v) is 15.3. The van der Waals surface area contributed by atoms with Crippen LogP contribution in [0.3, 0.4) is 0 Å². The molecule has 0 saturated carbocycles. The lowest BCUT2D eigenvalue weighted by atomic mass is 10.2. The Bertz CT molecular complexity index is 552. The van der Waals surface area contributed by atoms with Crippen LogP contribution in [0.15, 0.2) is 40.2 Å². The van der Waals surface area contributed by atoms with Crippen molar-refractivity contribution in [2.24, 2.45) is 0 Å². The highest BCUT2D eigenvalue weighted by atomic mass is 79.9. The number of rotatable bonds is 7. The van der Waals surface area contributed by atoms with Crippen LogP contribution in [0.25, 0.3) is 0 Å². The van der Waals surface area contributed by atoms with Crippen LogP contribution < -0.4 is 10.2 Å². The number of halogens is 1. The summed E-state index contributed by atoms with van der Waals surface area (Å²) in [7, 11) is 2.15. The molecule has 0 unspecified atom stereocenters. The van der Waals surface area contributed by atoms with Crippen molar-refractivity contribution in [3.8, 4) is 0 Å². The quantitative estimate of drug-likeness (QED) is 0.764. The highest BCUT2D eigenvalue weighted by molar-refractivity contribution is 9.10. The maximum absolute atomic E-state index is 3.71. The zero-order chi connectivity index (χ0) is 15.2. The molecule has 0 fully saturated rings. The van der Waals surface area contributed by atoms with Gasteiger partial charge in [-0.3, -0.25) is 0 Å². The van der Waals surface area contributed by atoms with Crippen molar-refractivity contribution in [2.75, 3.05) is 18.5 Å². The van der Waals surface area contributed by atoms with Gasteiger partial charge in [-0.25, -0.2) is 0 Å². The molecule has 21 heavy (non-hydrogen) atoms. The van der Waals surface area contributed by atoms with Crippen molar-refractivity contribution in [3.63, 3.8) is 0 Å². The molecule has 0 atom stereocenters. The number of nitrogens with zero attached hydrogens (tertiary/aromatic N) is 1. The standard InChI is InChI=1S/C17H23BrN2S/c1-13(2)19-12-14-6-7-17(16(18)11-14)20(3)9-8-15-5-4-10-21-15/h4-7,10-11,13,19H,8-9,12H2,1-3H3. The molecular formula is C17H23BrN2S. The second-order valence-corrected chi connectivity index (χ2v) is 7.46. The summed E-state index contributed by atoms with van der Waals surface area (Å²) < 4.78 is 1.17. The van der Waals surface area contributed by atoms with Crippen LogP contribution >= 0.6 is 27.3 Å².